The topological polar surface area (TPSA) is 102 Å². The molecular weight excluding hydrogens is 274 g/mol. The van der Waals surface area contributed by atoms with Crippen LogP contribution in [-0.2, 0) is 9.59 Å². The molecule has 1 atom stereocenters. The summed E-state index contributed by atoms with van der Waals surface area (Å²) < 4.78 is 5.11. The van der Waals surface area contributed by atoms with Gasteiger partial charge in [-0.2, -0.15) is 0 Å². The maximum Gasteiger partial charge on any atom is 0.255 e. The Bertz CT molecular complexity index is 600. The fourth-order valence-corrected chi connectivity index (χ4v) is 2.19. The number of amides is 3. The molecule has 3 N–H and O–H groups in total. The van der Waals surface area contributed by atoms with Gasteiger partial charge in [-0.15, -0.1) is 0 Å². The summed E-state index contributed by atoms with van der Waals surface area (Å²) in [5, 5.41) is 2.62. The molecule has 0 spiro atoms. The van der Waals surface area contributed by atoms with E-state index in [1.165, 1.54) is 20.2 Å². The minimum atomic E-state index is -0.716. The minimum Gasteiger partial charge on any atom is -0.496 e. The molecular formula is C14H17N3O4. The molecule has 1 aliphatic heterocycles. The summed E-state index contributed by atoms with van der Waals surface area (Å²) in [7, 11) is 2.85. The molecule has 2 rings (SSSR count). The molecule has 1 aromatic carbocycles. The Labute approximate surface area is 122 Å². The van der Waals surface area contributed by atoms with Crippen molar-refractivity contribution >= 4 is 23.4 Å². The number of rotatable bonds is 3. The van der Waals surface area contributed by atoms with Gasteiger partial charge in [0.1, 0.15) is 11.8 Å². The standard InChI is InChI=1S/C14H17N3O4/c1-17-12(18)6-4-10(14(17)20)16-13(19)9-7-8(15)3-5-11(9)21-2/h3,5,7,10H,4,6,15H2,1-2H3,(H,16,19). The highest BCUT2D eigenvalue weighted by Crippen LogP contribution is 2.21. The summed E-state index contributed by atoms with van der Waals surface area (Å²) >= 11 is 0. The van der Waals surface area contributed by atoms with Crippen LogP contribution >= 0.6 is 0 Å². The van der Waals surface area contributed by atoms with E-state index >= 15 is 0 Å². The molecule has 0 aliphatic carbocycles. The Hall–Kier alpha value is -2.57. The van der Waals surface area contributed by atoms with E-state index in [4.69, 9.17) is 10.5 Å². The van der Waals surface area contributed by atoms with Crippen LogP contribution in [0.5, 0.6) is 5.75 Å². The van der Waals surface area contributed by atoms with E-state index in [1.807, 2.05) is 0 Å². The smallest absolute Gasteiger partial charge is 0.255 e. The maximum atomic E-state index is 12.3. The summed E-state index contributed by atoms with van der Waals surface area (Å²) in [6.45, 7) is 0. The Morgan fingerprint density at radius 3 is 2.81 bits per heavy atom. The molecule has 112 valence electrons. The van der Waals surface area contributed by atoms with Gasteiger partial charge in [-0.25, -0.2) is 0 Å². The predicted molar refractivity (Wildman–Crippen MR) is 75.7 cm³/mol. The maximum absolute atomic E-state index is 12.3. The van der Waals surface area contributed by atoms with E-state index in [0.29, 0.717) is 17.9 Å². The number of nitrogens with zero attached hydrogens (tertiary/aromatic N) is 1. The number of anilines is 1. The number of likely N-dealkylation sites (tertiary alicyclic amines) is 1. The van der Waals surface area contributed by atoms with E-state index < -0.39 is 17.9 Å². The lowest BCUT2D eigenvalue weighted by atomic mass is 10.0. The van der Waals surface area contributed by atoms with Gasteiger partial charge < -0.3 is 15.8 Å². The fourth-order valence-electron chi connectivity index (χ4n) is 2.19. The number of nitrogen functional groups attached to an aromatic ring is 1. The first kappa shape index (κ1) is 14.8. The van der Waals surface area contributed by atoms with Crippen LogP contribution in [-0.4, -0.2) is 42.8 Å². The second-order valence-corrected chi connectivity index (χ2v) is 4.82. The summed E-state index contributed by atoms with van der Waals surface area (Å²) in [4.78, 5) is 36.7. The first-order chi connectivity index (χ1) is 9.93. The first-order valence-corrected chi connectivity index (χ1v) is 6.49. The van der Waals surface area contributed by atoms with E-state index in [-0.39, 0.29) is 17.9 Å². The number of benzene rings is 1. The number of carbonyl (C=O) groups is 3. The molecule has 1 aliphatic rings. The molecule has 7 nitrogen and oxygen atoms in total. The number of imide groups is 1. The number of nitrogens with two attached hydrogens (primary N) is 1. The number of piperidine rings is 1. The molecule has 7 heteroatoms. The third-order valence-electron chi connectivity index (χ3n) is 3.42. The van der Waals surface area contributed by atoms with Crippen LogP contribution in [0.3, 0.4) is 0 Å². The van der Waals surface area contributed by atoms with Crippen molar-refractivity contribution in [3.63, 3.8) is 0 Å². The lowest BCUT2D eigenvalue weighted by Crippen LogP contribution is -2.52. The highest BCUT2D eigenvalue weighted by Gasteiger charge is 2.33. The van der Waals surface area contributed by atoms with Gasteiger partial charge in [0.2, 0.25) is 5.91 Å². The van der Waals surface area contributed by atoms with Crippen molar-refractivity contribution in [2.45, 2.75) is 18.9 Å². The summed E-state index contributed by atoms with van der Waals surface area (Å²) in [5.41, 5.74) is 6.34. The molecule has 0 aromatic heterocycles. The minimum absolute atomic E-state index is 0.223. The number of likely N-dealkylation sites (N-methyl/N-ethyl adjacent to an activating group) is 1. The van der Waals surface area contributed by atoms with Gasteiger partial charge in [0, 0.05) is 19.2 Å². The van der Waals surface area contributed by atoms with Crippen LogP contribution in [0.4, 0.5) is 5.69 Å². The number of methoxy groups -OCH3 is 1. The van der Waals surface area contributed by atoms with E-state index in [1.54, 1.807) is 12.1 Å². The zero-order valence-corrected chi connectivity index (χ0v) is 11.9. The van der Waals surface area contributed by atoms with E-state index in [0.717, 1.165) is 4.90 Å². The Morgan fingerprint density at radius 1 is 1.43 bits per heavy atom. The van der Waals surface area contributed by atoms with Crippen LogP contribution in [0, 0.1) is 0 Å². The monoisotopic (exact) mass is 291 g/mol. The molecule has 0 bridgehead atoms. The first-order valence-electron chi connectivity index (χ1n) is 6.49. The molecule has 1 fully saturated rings. The normalized spacial score (nSPS) is 18.6. The van der Waals surface area contributed by atoms with Crippen LogP contribution in [0.25, 0.3) is 0 Å². The lowest BCUT2D eigenvalue weighted by Gasteiger charge is -2.28. The van der Waals surface area contributed by atoms with Gasteiger partial charge >= 0.3 is 0 Å². The Morgan fingerprint density at radius 2 is 2.14 bits per heavy atom. The molecule has 1 aromatic rings. The summed E-state index contributed by atoms with van der Waals surface area (Å²) in [6, 6.07) is 3.97. The van der Waals surface area contributed by atoms with Crippen molar-refractivity contribution in [3.05, 3.63) is 23.8 Å². The van der Waals surface area contributed by atoms with E-state index in [2.05, 4.69) is 5.32 Å². The van der Waals surface area contributed by atoms with Gasteiger partial charge in [-0.1, -0.05) is 0 Å². The second-order valence-electron chi connectivity index (χ2n) is 4.82. The van der Waals surface area contributed by atoms with Crippen LogP contribution in [0.2, 0.25) is 0 Å². The predicted octanol–water partition coefficient (Wildman–Crippen LogP) is 0.155. The average Bonchev–Trinajstić information content (AvgIpc) is 2.47. The zero-order valence-electron chi connectivity index (χ0n) is 11.9. The third-order valence-corrected chi connectivity index (χ3v) is 3.42. The summed E-state index contributed by atoms with van der Waals surface area (Å²) in [6.07, 6.45) is 0.514. The number of hydrogen-bond donors (Lipinski definition) is 2. The quantitative estimate of drug-likeness (QED) is 0.610. The Balaban J connectivity index is 2.17. The van der Waals surface area contributed by atoms with Crippen LogP contribution in [0.1, 0.15) is 23.2 Å². The van der Waals surface area contributed by atoms with Crippen molar-refractivity contribution < 1.29 is 19.1 Å². The highest BCUT2D eigenvalue weighted by molar-refractivity contribution is 6.04. The molecule has 0 saturated carbocycles. The second kappa shape index (κ2) is 5.82. The average molecular weight is 291 g/mol. The van der Waals surface area contributed by atoms with E-state index in [9.17, 15) is 14.4 Å². The zero-order chi connectivity index (χ0) is 15.6. The fraction of sp³-hybridized carbons (Fsp3) is 0.357. The molecule has 1 saturated heterocycles. The van der Waals surface area contributed by atoms with Crippen molar-refractivity contribution in [3.8, 4) is 5.75 Å². The number of nitrogens with one attached hydrogen (secondary N) is 1. The molecule has 1 heterocycles. The van der Waals surface area contributed by atoms with Crippen molar-refractivity contribution in [1.29, 1.82) is 0 Å². The van der Waals surface area contributed by atoms with Crippen LogP contribution in [0.15, 0.2) is 18.2 Å². The number of carbonyl (C=O) groups excluding carboxylic acids is 3. The number of ether oxygens (including phenoxy) is 1. The molecule has 0 radical (unpaired) electrons. The lowest BCUT2D eigenvalue weighted by molar-refractivity contribution is -0.147. The molecule has 1 unspecified atom stereocenters. The van der Waals surface area contributed by atoms with Gasteiger partial charge in [0.05, 0.1) is 12.7 Å². The van der Waals surface area contributed by atoms with Crippen molar-refractivity contribution in [1.82, 2.24) is 10.2 Å². The van der Waals surface area contributed by atoms with Gasteiger partial charge in [-0.05, 0) is 24.6 Å². The van der Waals surface area contributed by atoms with Crippen molar-refractivity contribution in [2.75, 3.05) is 19.9 Å². The SMILES string of the molecule is COc1ccc(N)cc1C(=O)NC1CCC(=O)N(C)C1=O. The third kappa shape index (κ3) is 2.96. The van der Waals surface area contributed by atoms with Gasteiger partial charge in [0.15, 0.2) is 0 Å². The largest absolute Gasteiger partial charge is 0.496 e. The van der Waals surface area contributed by atoms with Crippen LogP contribution < -0.4 is 15.8 Å². The van der Waals surface area contributed by atoms with Gasteiger partial charge in [0.25, 0.3) is 11.8 Å². The summed E-state index contributed by atoms with van der Waals surface area (Å²) in [5.74, 6) is -0.746. The van der Waals surface area contributed by atoms with Crippen molar-refractivity contribution in [2.24, 2.45) is 0 Å². The number of hydrogen-bond acceptors (Lipinski definition) is 5. The Kier molecular flexibility index (Phi) is 4.11. The highest BCUT2D eigenvalue weighted by atomic mass is 16.5. The molecule has 21 heavy (non-hydrogen) atoms. The molecule has 3 amide bonds. The van der Waals surface area contributed by atoms with Gasteiger partial charge in [-0.3, -0.25) is 19.3 Å².